The van der Waals surface area contributed by atoms with Gasteiger partial charge >= 0.3 is 0 Å². The smallest absolute Gasteiger partial charge is 0.269 e. The molecule has 0 saturated carbocycles. The molecule has 4 aromatic rings. The SMILES string of the molecule is Cc1ccc(-c2nc(NC(=O)Cn3c(=O)cnc4ccccc43)sc2C)cc1. The molecule has 0 radical (unpaired) electrons. The topological polar surface area (TPSA) is 76.9 Å². The van der Waals surface area contributed by atoms with E-state index in [4.69, 9.17) is 0 Å². The number of rotatable bonds is 4. The molecule has 0 atom stereocenters. The van der Waals surface area contributed by atoms with Gasteiger partial charge in [-0.1, -0.05) is 42.0 Å². The summed E-state index contributed by atoms with van der Waals surface area (Å²) in [5, 5.41) is 3.33. The van der Waals surface area contributed by atoms with Crippen LogP contribution in [0.15, 0.2) is 59.5 Å². The number of anilines is 1. The van der Waals surface area contributed by atoms with Crippen LogP contribution in [0.25, 0.3) is 22.3 Å². The molecule has 2 aromatic heterocycles. The highest BCUT2D eigenvalue weighted by Gasteiger charge is 2.14. The molecular formula is C21H18N4O2S. The standard InChI is InChI=1S/C21H18N4O2S/c1-13-7-9-15(10-8-13)20-14(2)28-21(24-20)23-18(26)12-25-17-6-4-3-5-16(17)22-11-19(25)27/h3-11H,12H2,1-2H3,(H,23,24,26). The van der Waals surface area contributed by atoms with Gasteiger partial charge in [0.05, 0.1) is 22.9 Å². The first-order valence-corrected chi connectivity index (χ1v) is 9.62. The normalized spacial score (nSPS) is 10.9. The number of carbonyl (C=O) groups is 1. The Morgan fingerprint density at radius 2 is 1.86 bits per heavy atom. The third kappa shape index (κ3) is 3.57. The first-order chi connectivity index (χ1) is 13.5. The molecule has 6 nitrogen and oxygen atoms in total. The van der Waals surface area contributed by atoms with Crippen LogP contribution in [0.5, 0.6) is 0 Å². The molecule has 0 fully saturated rings. The zero-order chi connectivity index (χ0) is 19.7. The lowest BCUT2D eigenvalue weighted by Crippen LogP contribution is -2.27. The van der Waals surface area contributed by atoms with Gasteiger partial charge in [-0.2, -0.15) is 0 Å². The third-order valence-electron chi connectivity index (χ3n) is 4.42. The first kappa shape index (κ1) is 18.1. The van der Waals surface area contributed by atoms with Crippen LogP contribution in [0, 0.1) is 13.8 Å². The maximum absolute atomic E-state index is 12.6. The second-order valence-corrected chi connectivity index (χ2v) is 7.71. The van der Waals surface area contributed by atoms with Crippen LogP contribution in [0.1, 0.15) is 10.4 Å². The number of amides is 1. The van der Waals surface area contributed by atoms with Crippen LogP contribution in [-0.4, -0.2) is 20.4 Å². The molecule has 2 aromatic carbocycles. The van der Waals surface area contributed by atoms with Crippen LogP contribution in [0.3, 0.4) is 0 Å². The molecule has 140 valence electrons. The van der Waals surface area contributed by atoms with Gasteiger partial charge in [0.1, 0.15) is 6.54 Å². The van der Waals surface area contributed by atoms with E-state index in [1.807, 2.05) is 50.2 Å². The zero-order valence-electron chi connectivity index (χ0n) is 15.5. The van der Waals surface area contributed by atoms with Crippen LogP contribution in [-0.2, 0) is 11.3 Å². The number of aromatic nitrogens is 3. The van der Waals surface area contributed by atoms with Crippen molar-refractivity contribution in [1.29, 1.82) is 0 Å². The van der Waals surface area contributed by atoms with Gasteiger partial charge in [0.2, 0.25) is 5.91 Å². The molecule has 28 heavy (non-hydrogen) atoms. The van der Waals surface area contributed by atoms with E-state index in [1.54, 1.807) is 12.1 Å². The second-order valence-electron chi connectivity index (χ2n) is 6.51. The van der Waals surface area contributed by atoms with E-state index in [0.29, 0.717) is 16.2 Å². The van der Waals surface area contributed by atoms with Crippen molar-refractivity contribution in [2.75, 3.05) is 5.32 Å². The molecule has 1 amide bonds. The second kappa shape index (κ2) is 7.36. The Hall–Kier alpha value is -3.32. The lowest BCUT2D eigenvalue weighted by Gasteiger charge is -2.08. The molecule has 0 aliphatic heterocycles. The van der Waals surface area contributed by atoms with E-state index < -0.39 is 0 Å². The van der Waals surface area contributed by atoms with Crippen molar-refractivity contribution in [3.05, 3.63) is 75.5 Å². The molecule has 0 aliphatic carbocycles. The minimum absolute atomic E-state index is 0.0969. The maximum Gasteiger partial charge on any atom is 0.269 e. The molecule has 1 N–H and O–H groups in total. The van der Waals surface area contributed by atoms with Crippen molar-refractivity contribution in [1.82, 2.24) is 14.5 Å². The van der Waals surface area contributed by atoms with Crippen molar-refractivity contribution in [3.8, 4) is 11.3 Å². The number of aryl methyl sites for hydroxylation is 2. The van der Waals surface area contributed by atoms with Crippen molar-refractivity contribution in [3.63, 3.8) is 0 Å². The number of para-hydroxylation sites is 2. The van der Waals surface area contributed by atoms with Gasteiger partial charge in [0.25, 0.3) is 5.56 Å². The minimum Gasteiger partial charge on any atom is -0.300 e. The van der Waals surface area contributed by atoms with Gasteiger partial charge < -0.3 is 5.32 Å². The maximum atomic E-state index is 12.6. The number of carbonyl (C=O) groups excluding carboxylic acids is 1. The summed E-state index contributed by atoms with van der Waals surface area (Å²) in [6, 6.07) is 15.4. The van der Waals surface area contributed by atoms with Crippen molar-refractivity contribution >= 4 is 33.4 Å². The average Bonchev–Trinajstić information content (AvgIpc) is 3.04. The highest BCUT2D eigenvalue weighted by molar-refractivity contribution is 7.16. The number of hydrogen-bond acceptors (Lipinski definition) is 5. The number of thiazole rings is 1. The van der Waals surface area contributed by atoms with Gasteiger partial charge in [0, 0.05) is 10.4 Å². The summed E-state index contributed by atoms with van der Waals surface area (Å²) < 4.78 is 1.42. The summed E-state index contributed by atoms with van der Waals surface area (Å²) in [6.07, 6.45) is 1.23. The Kier molecular flexibility index (Phi) is 4.75. The van der Waals surface area contributed by atoms with Crippen LogP contribution in [0.4, 0.5) is 5.13 Å². The van der Waals surface area contributed by atoms with Gasteiger partial charge in [-0.15, -0.1) is 11.3 Å². The predicted octanol–water partition coefficient (Wildman–Crippen LogP) is 3.78. The van der Waals surface area contributed by atoms with E-state index in [2.05, 4.69) is 15.3 Å². The van der Waals surface area contributed by atoms with Crippen molar-refractivity contribution in [2.45, 2.75) is 20.4 Å². The number of nitrogens with one attached hydrogen (secondary N) is 1. The Morgan fingerprint density at radius 3 is 2.64 bits per heavy atom. The summed E-state index contributed by atoms with van der Waals surface area (Å²) in [5.41, 5.74) is 4.02. The summed E-state index contributed by atoms with van der Waals surface area (Å²) >= 11 is 1.42. The molecule has 0 saturated heterocycles. The van der Waals surface area contributed by atoms with E-state index in [1.165, 1.54) is 27.7 Å². The zero-order valence-corrected chi connectivity index (χ0v) is 16.3. The first-order valence-electron chi connectivity index (χ1n) is 8.80. The fourth-order valence-electron chi connectivity index (χ4n) is 3.01. The van der Waals surface area contributed by atoms with Crippen LogP contribution >= 0.6 is 11.3 Å². The van der Waals surface area contributed by atoms with Gasteiger partial charge in [-0.05, 0) is 26.0 Å². The van der Waals surface area contributed by atoms with Crippen molar-refractivity contribution in [2.24, 2.45) is 0 Å². The Labute approximate surface area is 165 Å². The number of fused-ring (bicyclic) bond motifs is 1. The third-order valence-corrected chi connectivity index (χ3v) is 5.31. The number of benzene rings is 2. The van der Waals surface area contributed by atoms with Gasteiger partial charge in [-0.3, -0.25) is 14.2 Å². The summed E-state index contributed by atoms with van der Waals surface area (Å²) in [5.74, 6) is -0.303. The molecule has 2 heterocycles. The Morgan fingerprint density at radius 1 is 1.11 bits per heavy atom. The van der Waals surface area contributed by atoms with E-state index in [0.717, 1.165) is 16.1 Å². The van der Waals surface area contributed by atoms with E-state index in [-0.39, 0.29) is 18.0 Å². The molecular weight excluding hydrogens is 372 g/mol. The number of nitrogens with zero attached hydrogens (tertiary/aromatic N) is 3. The number of hydrogen-bond donors (Lipinski definition) is 1. The fraction of sp³-hybridized carbons (Fsp3) is 0.143. The van der Waals surface area contributed by atoms with Crippen LogP contribution in [0.2, 0.25) is 0 Å². The van der Waals surface area contributed by atoms with Gasteiger partial charge in [-0.25, -0.2) is 9.97 Å². The summed E-state index contributed by atoms with van der Waals surface area (Å²) in [7, 11) is 0. The fourth-order valence-corrected chi connectivity index (χ4v) is 3.86. The Bertz CT molecular complexity index is 1230. The Balaban J connectivity index is 1.57. The highest BCUT2D eigenvalue weighted by Crippen LogP contribution is 2.30. The average molecular weight is 390 g/mol. The summed E-state index contributed by atoms with van der Waals surface area (Å²) in [4.78, 5) is 34.4. The summed E-state index contributed by atoms with van der Waals surface area (Å²) in [6.45, 7) is 3.91. The minimum atomic E-state index is -0.315. The monoisotopic (exact) mass is 390 g/mol. The van der Waals surface area contributed by atoms with E-state index >= 15 is 0 Å². The van der Waals surface area contributed by atoms with Crippen LogP contribution < -0.4 is 10.9 Å². The predicted molar refractivity (Wildman–Crippen MR) is 112 cm³/mol. The molecule has 0 spiro atoms. The van der Waals surface area contributed by atoms with E-state index in [9.17, 15) is 9.59 Å². The van der Waals surface area contributed by atoms with Gasteiger partial charge in [0.15, 0.2) is 5.13 Å². The largest absolute Gasteiger partial charge is 0.300 e. The molecule has 0 aliphatic rings. The molecule has 7 heteroatoms. The van der Waals surface area contributed by atoms with Crippen molar-refractivity contribution < 1.29 is 4.79 Å². The molecule has 0 bridgehead atoms. The molecule has 0 unspecified atom stereocenters. The lowest BCUT2D eigenvalue weighted by molar-refractivity contribution is -0.116. The lowest BCUT2D eigenvalue weighted by atomic mass is 10.1. The quantitative estimate of drug-likeness (QED) is 0.575. The molecule has 4 rings (SSSR count). The highest BCUT2D eigenvalue weighted by atomic mass is 32.1.